The van der Waals surface area contributed by atoms with E-state index in [-0.39, 0.29) is 19.4 Å². The minimum Gasteiger partial charge on any atom is -0.454 e. The van der Waals surface area contributed by atoms with Gasteiger partial charge in [0.1, 0.15) is 24.4 Å². The van der Waals surface area contributed by atoms with Gasteiger partial charge in [-0.15, -0.1) is 0 Å². The van der Waals surface area contributed by atoms with Crippen molar-refractivity contribution in [2.75, 3.05) is 13.2 Å². The molecule has 8 atom stereocenters. The average Bonchev–Trinajstić information content (AvgIpc) is 3.49. The first kappa shape index (κ1) is 75.3. The average molecular weight is 1130 g/mol. The van der Waals surface area contributed by atoms with Crippen LogP contribution in [0.1, 0.15) is 258 Å². The molecule has 0 aromatic rings. The summed E-state index contributed by atoms with van der Waals surface area (Å²) in [5, 5.41) is 57.1. The quantitative estimate of drug-likeness (QED) is 0.0195. The lowest BCUT2D eigenvalue weighted by atomic mass is 9.99. The summed E-state index contributed by atoms with van der Waals surface area (Å²) in [5.41, 5.74) is 0. The number of esters is 1. The lowest BCUT2D eigenvalue weighted by molar-refractivity contribution is -0.305. The molecule has 11 heteroatoms. The maximum absolute atomic E-state index is 13.5. The Bertz CT molecular complexity index is 1730. The number of aliphatic hydroxyl groups is 5. The van der Waals surface area contributed by atoms with Crippen LogP contribution in [0.2, 0.25) is 0 Å². The number of carbonyl (C=O) groups excluding carboxylic acids is 2. The van der Waals surface area contributed by atoms with Crippen molar-refractivity contribution in [3.63, 3.8) is 0 Å². The summed E-state index contributed by atoms with van der Waals surface area (Å²) in [7, 11) is 0. The van der Waals surface area contributed by atoms with Crippen LogP contribution in [0.25, 0.3) is 0 Å². The van der Waals surface area contributed by atoms with Crippen LogP contribution in [0.3, 0.4) is 0 Å². The molecule has 464 valence electrons. The van der Waals surface area contributed by atoms with E-state index < -0.39 is 67.4 Å². The number of rotatable bonds is 54. The molecule has 81 heavy (non-hydrogen) atoms. The van der Waals surface area contributed by atoms with E-state index >= 15 is 0 Å². The Morgan fingerprint density at radius 3 is 1.36 bits per heavy atom. The highest BCUT2D eigenvalue weighted by Gasteiger charge is 2.47. The normalized spacial score (nSPS) is 19.4. The van der Waals surface area contributed by atoms with Crippen LogP contribution >= 0.6 is 0 Å². The van der Waals surface area contributed by atoms with Crippen LogP contribution in [0.5, 0.6) is 0 Å². The van der Waals surface area contributed by atoms with Crippen molar-refractivity contribution >= 4 is 11.9 Å². The molecule has 0 radical (unpaired) electrons. The number of nitrogens with one attached hydrogen (secondary N) is 1. The number of unbranched alkanes of at least 4 members (excludes halogenated alkanes) is 24. The largest absolute Gasteiger partial charge is 0.454 e. The minimum absolute atomic E-state index is 0.106. The number of allylic oxidation sites excluding steroid dienone is 17. The van der Waals surface area contributed by atoms with Gasteiger partial charge in [-0.1, -0.05) is 252 Å². The highest BCUT2D eigenvalue weighted by molar-refractivity contribution is 5.80. The van der Waals surface area contributed by atoms with Crippen molar-refractivity contribution < 1.29 is 49.3 Å². The van der Waals surface area contributed by atoms with Crippen LogP contribution in [0.15, 0.2) is 109 Å². The van der Waals surface area contributed by atoms with E-state index in [0.717, 1.165) is 122 Å². The molecule has 1 saturated heterocycles. The van der Waals surface area contributed by atoms with E-state index in [0.29, 0.717) is 12.8 Å². The topological polar surface area (TPSA) is 175 Å². The summed E-state index contributed by atoms with van der Waals surface area (Å²) >= 11 is 0. The van der Waals surface area contributed by atoms with E-state index in [1.165, 1.54) is 89.9 Å². The van der Waals surface area contributed by atoms with Gasteiger partial charge in [-0.05, 0) is 109 Å². The van der Waals surface area contributed by atoms with Crippen LogP contribution < -0.4 is 5.32 Å². The first-order chi connectivity index (χ1) is 39.7. The molecular weight excluding hydrogens is 1010 g/mol. The third kappa shape index (κ3) is 44.5. The summed E-state index contributed by atoms with van der Waals surface area (Å²) in [6, 6.07) is -1.05. The van der Waals surface area contributed by atoms with Gasteiger partial charge >= 0.3 is 5.97 Å². The Morgan fingerprint density at radius 1 is 0.494 bits per heavy atom. The molecule has 8 unspecified atom stereocenters. The SMILES string of the molecule is CC/C=C\C/C=C\C/C=C\C/C=C\C/C=C\C/C=C\CCCCCC(O)C(=O)NC(COC1OC(CO)C(O)C(O)C1OC(=O)CCCCCCCCC/C=C\C/C=C\CCCCC)C(O)/C=C/CCCCCCCCCCCCC. The van der Waals surface area contributed by atoms with Gasteiger partial charge in [0, 0.05) is 6.42 Å². The van der Waals surface area contributed by atoms with Crippen molar-refractivity contribution in [3.8, 4) is 0 Å². The molecule has 1 amide bonds. The van der Waals surface area contributed by atoms with Crippen molar-refractivity contribution in [1.82, 2.24) is 5.32 Å². The molecule has 0 spiro atoms. The second-order valence-corrected chi connectivity index (χ2v) is 22.1. The van der Waals surface area contributed by atoms with Gasteiger partial charge in [0.05, 0.1) is 25.4 Å². The van der Waals surface area contributed by atoms with E-state index in [1.54, 1.807) is 6.08 Å². The highest BCUT2D eigenvalue weighted by atomic mass is 16.7. The van der Waals surface area contributed by atoms with E-state index in [4.69, 9.17) is 14.2 Å². The molecule has 0 bridgehead atoms. The predicted octanol–water partition coefficient (Wildman–Crippen LogP) is 16.1. The molecule has 0 aliphatic carbocycles. The molecule has 0 aromatic heterocycles. The Balaban J connectivity index is 2.70. The maximum Gasteiger partial charge on any atom is 0.306 e. The van der Waals surface area contributed by atoms with Crippen LogP contribution in [-0.4, -0.2) is 99.6 Å². The summed E-state index contributed by atoms with van der Waals surface area (Å²) in [5.74, 6) is -1.23. The van der Waals surface area contributed by atoms with Gasteiger partial charge < -0.3 is 45.1 Å². The summed E-state index contributed by atoms with van der Waals surface area (Å²) in [6.07, 6.45) is 66.8. The van der Waals surface area contributed by atoms with Gasteiger partial charge in [0.25, 0.3) is 0 Å². The van der Waals surface area contributed by atoms with Crippen LogP contribution in [0.4, 0.5) is 0 Å². The lowest BCUT2D eigenvalue weighted by Crippen LogP contribution is -2.61. The standard InChI is InChI=1S/C70H119NO10/c1-4-7-10-13-16-19-22-25-27-29-30-31-32-33-35-36-39-42-45-48-51-54-57-63(74)69(78)71-61(62(73)56-53-50-47-44-41-38-24-21-18-15-12-9-6-3)60-79-70-68(67(77)66(76)64(59-72)80-70)81-65(75)58-55-52-49-46-43-40-37-34-28-26-23-20-17-14-11-8-5-2/h7,10,16-17,19-20,25-28,30-31,33,35,39,42,53,56,61-64,66-68,70,72-74,76-77H,4-6,8-9,11-15,18,21-24,29,32,34,36-38,40-41,43-52,54-55,57-60H2,1-3H3,(H,71,78)/b10-7-,19-16-,20-17-,27-25-,28-26-,31-30-,35-33-,42-39-,56-53+. The fourth-order valence-electron chi connectivity index (χ4n) is 9.51. The summed E-state index contributed by atoms with van der Waals surface area (Å²) in [4.78, 5) is 26.6. The number of hydrogen-bond donors (Lipinski definition) is 6. The third-order valence-corrected chi connectivity index (χ3v) is 14.7. The number of carbonyl (C=O) groups is 2. The molecule has 0 aromatic carbocycles. The lowest BCUT2D eigenvalue weighted by Gasteiger charge is -2.41. The first-order valence-corrected chi connectivity index (χ1v) is 32.7. The molecule has 1 rings (SSSR count). The molecule has 0 saturated carbocycles. The Hall–Kier alpha value is -3.68. The van der Waals surface area contributed by atoms with Gasteiger partial charge in [0.2, 0.25) is 5.91 Å². The summed E-state index contributed by atoms with van der Waals surface area (Å²) in [6.45, 7) is 5.63. The van der Waals surface area contributed by atoms with Crippen molar-refractivity contribution in [2.45, 2.75) is 307 Å². The van der Waals surface area contributed by atoms with Gasteiger partial charge in [-0.25, -0.2) is 0 Å². The zero-order valence-electron chi connectivity index (χ0n) is 51.4. The molecule has 1 fully saturated rings. The molecule has 11 nitrogen and oxygen atoms in total. The van der Waals surface area contributed by atoms with Crippen LogP contribution in [0, 0.1) is 0 Å². The third-order valence-electron chi connectivity index (χ3n) is 14.7. The molecular formula is C70H119NO10. The van der Waals surface area contributed by atoms with Crippen molar-refractivity contribution in [2.24, 2.45) is 0 Å². The Morgan fingerprint density at radius 2 is 0.889 bits per heavy atom. The monoisotopic (exact) mass is 1130 g/mol. The smallest absolute Gasteiger partial charge is 0.306 e. The number of hydrogen-bond acceptors (Lipinski definition) is 10. The summed E-state index contributed by atoms with van der Waals surface area (Å²) < 4.78 is 17.6. The predicted molar refractivity (Wildman–Crippen MR) is 338 cm³/mol. The molecule has 1 heterocycles. The van der Waals surface area contributed by atoms with Crippen molar-refractivity contribution in [1.29, 1.82) is 0 Å². The van der Waals surface area contributed by atoms with E-state index in [2.05, 4.69) is 123 Å². The second-order valence-electron chi connectivity index (χ2n) is 22.1. The number of aliphatic hydroxyl groups excluding tert-OH is 5. The highest BCUT2D eigenvalue weighted by Crippen LogP contribution is 2.26. The Labute approximate surface area is 494 Å². The number of amides is 1. The molecule has 1 aliphatic heterocycles. The van der Waals surface area contributed by atoms with E-state index in [1.807, 2.05) is 6.08 Å². The second kappa shape index (κ2) is 56.8. The van der Waals surface area contributed by atoms with E-state index in [9.17, 15) is 35.1 Å². The molecule has 1 aliphatic rings. The Kier molecular flexibility index (Phi) is 52.8. The van der Waals surface area contributed by atoms with Gasteiger partial charge in [-0.3, -0.25) is 9.59 Å². The van der Waals surface area contributed by atoms with Gasteiger partial charge in [-0.2, -0.15) is 0 Å². The van der Waals surface area contributed by atoms with Gasteiger partial charge in [0.15, 0.2) is 12.4 Å². The fourth-order valence-corrected chi connectivity index (χ4v) is 9.51. The first-order valence-electron chi connectivity index (χ1n) is 32.7. The zero-order chi connectivity index (χ0) is 58.9. The van der Waals surface area contributed by atoms with Crippen LogP contribution in [-0.2, 0) is 23.8 Å². The molecule has 6 N–H and O–H groups in total. The zero-order valence-corrected chi connectivity index (χ0v) is 51.4. The fraction of sp³-hybridized carbons (Fsp3) is 0.714. The number of ether oxygens (including phenoxy) is 3. The maximum atomic E-state index is 13.5. The van der Waals surface area contributed by atoms with Crippen molar-refractivity contribution in [3.05, 3.63) is 109 Å². The minimum atomic E-state index is -1.63.